The molecule has 0 bridgehead atoms. The lowest BCUT2D eigenvalue weighted by molar-refractivity contribution is -0.122. The number of amides is 2. The van der Waals surface area contributed by atoms with E-state index in [0.717, 1.165) is 50.5 Å². The van der Waals surface area contributed by atoms with E-state index in [1.807, 2.05) is 86.6 Å². The first-order valence-corrected chi connectivity index (χ1v) is 14.1. The van der Waals surface area contributed by atoms with Crippen LogP contribution in [-0.4, -0.2) is 21.5 Å². The van der Waals surface area contributed by atoms with Crippen LogP contribution in [0.5, 0.6) is 0 Å². The Morgan fingerprint density at radius 2 is 1.31 bits per heavy atom. The molecule has 6 heteroatoms. The summed E-state index contributed by atoms with van der Waals surface area (Å²) in [4.78, 5) is 28.7. The maximum Gasteiger partial charge on any atom is 0.270 e. The van der Waals surface area contributed by atoms with Crippen LogP contribution in [0, 0.1) is 20.8 Å². The summed E-state index contributed by atoms with van der Waals surface area (Å²) in [5.74, 6) is -0.983. The summed E-state index contributed by atoms with van der Waals surface area (Å²) in [7, 11) is 0. The van der Waals surface area contributed by atoms with Gasteiger partial charge in [-0.1, -0.05) is 84.4 Å². The van der Waals surface area contributed by atoms with Crippen molar-refractivity contribution in [3.05, 3.63) is 137 Å². The van der Waals surface area contributed by atoms with Crippen LogP contribution in [0.15, 0.2) is 115 Å². The number of rotatable bonds is 5. The molecular formula is C36H29N3O2S. The van der Waals surface area contributed by atoms with Gasteiger partial charge >= 0.3 is 0 Å². The average molecular weight is 568 g/mol. The number of anilines is 1. The van der Waals surface area contributed by atoms with Gasteiger partial charge in [0.25, 0.3) is 11.8 Å². The van der Waals surface area contributed by atoms with E-state index in [-0.39, 0.29) is 10.7 Å². The molecule has 206 valence electrons. The van der Waals surface area contributed by atoms with Crippen LogP contribution >= 0.6 is 12.2 Å². The van der Waals surface area contributed by atoms with Gasteiger partial charge in [-0.15, -0.1) is 0 Å². The lowest BCUT2D eigenvalue weighted by Gasteiger charge is -2.29. The Morgan fingerprint density at radius 3 is 1.95 bits per heavy atom. The predicted molar refractivity (Wildman–Crippen MR) is 173 cm³/mol. The van der Waals surface area contributed by atoms with Crippen LogP contribution in [-0.2, 0) is 9.59 Å². The highest BCUT2D eigenvalue weighted by Crippen LogP contribution is 2.38. The molecule has 2 amide bonds. The molecule has 1 aliphatic heterocycles. The van der Waals surface area contributed by atoms with Crippen LogP contribution in [0.3, 0.4) is 0 Å². The number of nitrogens with one attached hydrogen (secondary N) is 1. The molecule has 5 aromatic rings. The van der Waals surface area contributed by atoms with Crippen molar-refractivity contribution >= 4 is 40.9 Å². The number of aromatic nitrogens is 1. The fraction of sp³-hybridized carbons (Fsp3) is 0.0833. The summed E-state index contributed by atoms with van der Waals surface area (Å²) >= 11 is 5.46. The monoisotopic (exact) mass is 567 g/mol. The summed E-state index contributed by atoms with van der Waals surface area (Å²) in [6, 6.07) is 36.2. The first kappa shape index (κ1) is 27.1. The molecule has 1 aliphatic rings. The Bertz CT molecular complexity index is 1870. The molecular weight excluding hydrogens is 538 g/mol. The minimum atomic E-state index is -0.520. The maximum absolute atomic E-state index is 14.0. The minimum Gasteiger partial charge on any atom is -0.309 e. The summed E-state index contributed by atoms with van der Waals surface area (Å²) in [5.41, 5.74) is 9.41. The zero-order chi connectivity index (χ0) is 29.4. The van der Waals surface area contributed by atoms with Gasteiger partial charge in [-0.05, 0) is 91.7 Å². The normalized spacial score (nSPS) is 14.4. The second-order valence-corrected chi connectivity index (χ2v) is 10.8. The molecule has 5 nitrogen and oxygen atoms in total. The molecule has 0 unspecified atom stereocenters. The van der Waals surface area contributed by atoms with Gasteiger partial charge in [0.1, 0.15) is 5.57 Å². The third-order valence-corrected chi connectivity index (χ3v) is 7.87. The molecule has 0 spiro atoms. The van der Waals surface area contributed by atoms with Gasteiger partial charge in [0.15, 0.2) is 5.11 Å². The maximum atomic E-state index is 14.0. The SMILES string of the molecule is Cc1ccc(-n2c(-c3ccccc3)cc(/C=C3/C(=O)NC(=S)N(c4ccc(C)c(C)c4)C3=O)c2-c2ccccc2)cc1. The van der Waals surface area contributed by atoms with Gasteiger partial charge in [-0.3, -0.25) is 19.8 Å². The van der Waals surface area contributed by atoms with Gasteiger partial charge < -0.3 is 4.57 Å². The van der Waals surface area contributed by atoms with Crippen LogP contribution < -0.4 is 10.2 Å². The average Bonchev–Trinajstić information content (AvgIpc) is 3.37. The number of carbonyl (C=O) groups excluding carboxylic acids is 2. The molecule has 4 aromatic carbocycles. The molecule has 1 aromatic heterocycles. The van der Waals surface area contributed by atoms with E-state index in [0.29, 0.717) is 5.69 Å². The third-order valence-electron chi connectivity index (χ3n) is 7.59. The second kappa shape index (κ2) is 11.1. The fourth-order valence-corrected chi connectivity index (χ4v) is 5.51. The molecule has 1 saturated heterocycles. The van der Waals surface area contributed by atoms with Crippen molar-refractivity contribution in [1.82, 2.24) is 9.88 Å². The quantitative estimate of drug-likeness (QED) is 0.135. The largest absolute Gasteiger partial charge is 0.309 e. The Balaban J connectivity index is 1.59. The Hall–Kier alpha value is -5.07. The summed E-state index contributed by atoms with van der Waals surface area (Å²) in [5, 5.41) is 2.80. The number of carbonyl (C=O) groups is 2. The van der Waals surface area contributed by atoms with E-state index >= 15 is 0 Å². The van der Waals surface area contributed by atoms with Crippen molar-refractivity contribution in [3.63, 3.8) is 0 Å². The number of nitrogens with zero attached hydrogens (tertiary/aromatic N) is 2. The van der Waals surface area contributed by atoms with Gasteiger partial charge in [-0.25, -0.2) is 0 Å². The number of hydrogen-bond acceptors (Lipinski definition) is 3. The van der Waals surface area contributed by atoms with Crippen LogP contribution in [0.25, 0.3) is 34.3 Å². The fourth-order valence-electron chi connectivity index (χ4n) is 5.23. The highest BCUT2D eigenvalue weighted by atomic mass is 32.1. The molecule has 1 fully saturated rings. The van der Waals surface area contributed by atoms with Crippen LogP contribution in [0.1, 0.15) is 22.3 Å². The molecule has 0 radical (unpaired) electrons. The summed E-state index contributed by atoms with van der Waals surface area (Å²) in [6.07, 6.45) is 1.69. The molecule has 0 atom stereocenters. The van der Waals surface area contributed by atoms with Crippen molar-refractivity contribution in [2.45, 2.75) is 20.8 Å². The van der Waals surface area contributed by atoms with E-state index in [4.69, 9.17) is 12.2 Å². The first-order valence-electron chi connectivity index (χ1n) is 13.7. The molecule has 2 heterocycles. The lowest BCUT2D eigenvalue weighted by atomic mass is 10.0. The van der Waals surface area contributed by atoms with Crippen molar-refractivity contribution < 1.29 is 9.59 Å². The van der Waals surface area contributed by atoms with Gasteiger partial charge in [0, 0.05) is 11.3 Å². The number of hydrogen-bond donors (Lipinski definition) is 1. The predicted octanol–water partition coefficient (Wildman–Crippen LogP) is 7.57. The lowest BCUT2D eigenvalue weighted by Crippen LogP contribution is -2.54. The van der Waals surface area contributed by atoms with Crippen molar-refractivity contribution in [1.29, 1.82) is 0 Å². The number of aryl methyl sites for hydroxylation is 3. The van der Waals surface area contributed by atoms with E-state index < -0.39 is 11.8 Å². The van der Waals surface area contributed by atoms with Crippen LogP contribution in [0.2, 0.25) is 0 Å². The number of benzene rings is 4. The zero-order valence-corrected chi connectivity index (χ0v) is 24.4. The van der Waals surface area contributed by atoms with Crippen molar-refractivity contribution in [3.8, 4) is 28.2 Å². The van der Waals surface area contributed by atoms with Gasteiger partial charge in [-0.2, -0.15) is 0 Å². The van der Waals surface area contributed by atoms with Gasteiger partial charge in [0.05, 0.1) is 17.1 Å². The molecule has 6 rings (SSSR count). The van der Waals surface area contributed by atoms with E-state index in [9.17, 15) is 9.59 Å². The van der Waals surface area contributed by atoms with Gasteiger partial charge in [0.2, 0.25) is 0 Å². The van der Waals surface area contributed by atoms with Crippen molar-refractivity contribution in [2.24, 2.45) is 0 Å². The highest BCUT2D eigenvalue weighted by Gasteiger charge is 2.35. The number of thiocarbonyl (C=S) groups is 1. The zero-order valence-electron chi connectivity index (χ0n) is 23.6. The standard InChI is InChI=1S/C36H29N3O2S/c1-23-14-17-29(18-15-23)38-32(26-10-6-4-7-11-26)22-28(33(38)27-12-8-5-9-13-27)21-31-34(40)37-36(42)39(35(31)41)30-19-16-24(2)25(3)20-30/h4-22H,1-3H3,(H,37,40,42)/b31-21-. The Labute approximate surface area is 250 Å². The molecule has 1 N–H and O–H groups in total. The third kappa shape index (κ3) is 4.97. The molecule has 0 saturated carbocycles. The Kier molecular flexibility index (Phi) is 7.15. The topological polar surface area (TPSA) is 54.3 Å². The first-order chi connectivity index (χ1) is 20.3. The highest BCUT2D eigenvalue weighted by molar-refractivity contribution is 7.80. The molecule has 0 aliphatic carbocycles. The van der Waals surface area contributed by atoms with E-state index in [1.54, 1.807) is 6.08 Å². The van der Waals surface area contributed by atoms with Crippen molar-refractivity contribution in [2.75, 3.05) is 4.90 Å². The summed E-state index contributed by atoms with van der Waals surface area (Å²) in [6.45, 7) is 6.05. The van der Waals surface area contributed by atoms with Crippen LogP contribution in [0.4, 0.5) is 5.69 Å². The summed E-state index contributed by atoms with van der Waals surface area (Å²) < 4.78 is 2.19. The minimum absolute atomic E-state index is 0.0136. The van der Waals surface area contributed by atoms with E-state index in [1.165, 1.54) is 4.90 Å². The Morgan fingerprint density at radius 1 is 0.690 bits per heavy atom. The molecule has 42 heavy (non-hydrogen) atoms. The van der Waals surface area contributed by atoms with E-state index in [2.05, 4.69) is 53.2 Å². The smallest absolute Gasteiger partial charge is 0.270 e. The second-order valence-electron chi connectivity index (χ2n) is 10.5.